The normalized spacial score (nSPS) is 13.1. The first-order valence-electron chi connectivity index (χ1n) is 7.68. The van der Waals surface area contributed by atoms with Crippen molar-refractivity contribution in [2.24, 2.45) is 0 Å². The Labute approximate surface area is 139 Å². The van der Waals surface area contributed by atoms with Crippen LogP contribution in [0.2, 0.25) is 0 Å². The van der Waals surface area contributed by atoms with E-state index >= 15 is 0 Å². The Morgan fingerprint density at radius 2 is 2.12 bits per heavy atom. The van der Waals surface area contributed by atoms with E-state index < -0.39 is 0 Å². The zero-order valence-electron chi connectivity index (χ0n) is 13.2. The third kappa shape index (κ3) is 3.46. The van der Waals surface area contributed by atoms with Crippen molar-refractivity contribution in [3.63, 3.8) is 0 Å². The Kier molecular flexibility index (Phi) is 4.61. The fraction of sp³-hybridized carbons (Fsp3) is 0.158. The Hall–Kier alpha value is -3.08. The number of benzene rings is 2. The third-order valence-electron chi connectivity index (χ3n) is 3.53. The van der Waals surface area contributed by atoms with Gasteiger partial charge in [-0.2, -0.15) is 0 Å². The second-order valence-corrected chi connectivity index (χ2v) is 5.22. The first-order chi connectivity index (χ1) is 11.7. The van der Waals surface area contributed by atoms with Gasteiger partial charge in [-0.1, -0.05) is 18.2 Å². The summed E-state index contributed by atoms with van der Waals surface area (Å²) >= 11 is 0. The molecule has 5 heteroatoms. The molecule has 122 valence electrons. The van der Waals surface area contributed by atoms with E-state index in [1.165, 1.54) is 6.08 Å². The smallest absolute Gasteiger partial charge is 0.262 e. The number of anilines is 1. The molecule has 0 atom stereocenters. The van der Waals surface area contributed by atoms with Crippen molar-refractivity contribution in [2.75, 3.05) is 18.5 Å². The highest BCUT2D eigenvalue weighted by Crippen LogP contribution is 2.29. The number of hydrogen-bond acceptors (Lipinski definition) is 4. The van der Waals surface area contributed by atoms with Crippen LogP contribution >= 0.6 is 0 Å². The summed E-state index contributed by atoms with van der Waals surface area (Å²) in [6, 6.07) is 12.5. The Bertz CT molecular complexity index is 811. The number of carbonyl (C=O) groups excluding carboxylic acids is 2. The van der Waals surface area contributed by atoms with E-state index in [9.17, 15) is 9.59 Å². The number of nitrogens with one attached hydrogen (secondary N) is 1. The van der Waals surface area contributed by atoms with Crippen LogP contribution in [0.3, 0.4) is 0 Å². The van der Waals surface area contributed by atoms with Crippen LogP contribution < -0.4 is 14.8 Å². The van der Waals surface area contributed by atoms with Gasteiger partial charge < -0.3 is 14.8 Å². The van der Waals surface area contributed by atoms with Crippen molar-refractivity contribution in [3.8, 4) is 11.5 Å². The minimum atomic E-state index is -0.228. The van der Waals surface area contributed by atoms with Crippen LogP contribution in [0.4, 0.5) is 5.69 Å². The van der Waals surface area contributed by atoms with Gasteiger partial charge in [0.2, 0.25) is 0 Å². The molecular weight excluding hydrogens is 306 g/mol. The zero-order valence-corrected chi connectivity index (χ0v) is 13.2. The fourth-order valence-corrected chi connectivity index (χ4v) is 2.40. The lowest BCUT2D eigenvalue weighted by Gasteiger charge is -2.18. The molecule has 1 heterocycles. The maximum Gasteiger partial charge on any atom is 0.262 e. The molecule has 24 heavy (non-hydrogen) atoms. The molecule has 5 nitrogen and oxygen atoms in total. The lowest BCUT2D eigenvalue weighted by Crippen LogP contribution is -2.25. The van der Waals surface area contributed by atoms with Crippen LogP contribution in [0.25, 0.3) is 6.08 Å². The van der Waals surface area contributed by atoms with Gasteiger partial charge in [-0.05, 0) is 43.3 Å². The van der Waals surface area contributed by atoms with Crippen molar-refractivity contribution in [1.29, 1.82) is 0 Å². The van der Waals surface area contributed by atoms with Gasteiger partial charge in [0.25, 0.3) is 5.91 Å². The quantitative estimate of drug-likeness (QED) is 0.677. The molecule has 3 rings (SSSR count). The number of ether oxygens (including phenoxy) is 2. The van der Waals surface area contributed by atoms with Crippen LogP contribution in [0, 0.1) is 0 Å². The van der Waals surface area contributed by atoms with E-state index in [1.807, 2.05) is 31.2 Å². The number of para-hydroxylation sites is 1. The van der Waals surface area contributed by atoms with Gasteiger partial charge in [0.15, 0.2) is 12.4 Å². The minimum Gasteiger partial charge on any atom is -0.493 e. The molecule has 1 aliphatic heterocycles. The molecule has 2 aromatic carbocycles. The van der Waals surface area contributed by atoms with Gasteiger partial charge in [0.05, 0.1) is 12.3 Å². The standard InChI is InChI=1S/C19H17NO4/c1-2-23-17-6-4-3-5-13(17)7-9-16(21)14-8-10-18-15(11-14)20-19(22)12-24-18/h3-11H,2,12H2,1H3,(H,20,22). The van der Waals surface area contributed by atoms with Crippen LogP contribution in [-0.2, 0) is 4.79 Å². The van der Waals surface area contributed by atoms with Gasteiger partial charge in [-0.25, -0.2) is 0 Å². The molecule has 0 spiro atoms. The third-order valence-corrected chi connectivity index (χ3v) is 3.53. The van der Waals surface area contributed by atoms with E-state index in [2.05, 4.69) is 5.32 Å². The van der Waals surface area contributed by atoms with Gasteiger partial charge in [-0.3, -0.25) is 9.59 Å². The van der Waals surface area contributed by atoms with Crippen molar-refractivity contribution in [2.45, 2.75) is 6.92 Å². The SMILES string of the molecule is CCOc1ccccc1C=CC(=O)c1ccc2c(c1)NC(=O)CO2. The van der Waals surface area contributed by atoms with Crippen molar-refractivity contribution in [1.82, 2.24) is 0 Å². The maximum absolute atomic E-state index is 12.4. The molecule has 0 unspecified atom stereocenters. The average molecular weight is 323 g/mol. The highest BCUT2D eigenvalue weighted by molar-refractivity contribution is 6.08. The maximum atomic E-state index is 12.4. The van der Waals surface area contributed by atoms with E-state index in [0.29, 0.717) is 23.6 Å². The summed E-state index contributed by atoms with van der Waals surface area (Å²) < 4.78 is 10.8. The average Bonchev–Trinajstić information content (AvgIpc) is 2.60. The number of ketones is 1. The summed E-state index contributed by atoms with van der Waals surface area (Å²) in [6.07, 6.45) is 3.22. The lowest BCUT2D eigenvalue weighted by molar-refractivity contribution is -0.118. The molecule has 0 saturated carbocycles. The van der Waals surface area contributed by atoms with E-state index in [-0.39, 0.29) is 18.3 Å². The van der Waals surface area contributed by atoms with E-state index in [4.69, 9.17) is 9.47 Å². The molecule has 0 saturated heterocycles. The molecule has 0 radical (unpaired) electrons. The van der Waals surface area contributed by atoms with Crippen molar-refractivity contribution in [3.05, 3.63) is 59.7 Å². The summed E-state index contributed by atoms with van der Waals surface area (Å²) in [7, 11) is 0. The van der Waals surface area contributed by atoms with Crippen LogP contribution in [0.1, 0.15) is 22.8 Å². The molecule has 0 bridgehead atoms. The Morgan fingerprint density at radius 1 is 1.29 bits per heavy atom. The van der Waals surface area contributed by atoms with E-state index in [1.54, 1.807) is 24.3 Å². The predicted molar refractivity (Wildman–Crippen MR) is 91.5 cm³/mol. The highest BCUT2D eigenvalue weighted by atomic mass is 16.5. The lowest BCUT2D eigenvalue weighted by atomic mass is 10.1. The number of allylic oxidation sites excluding steroid dienone is 1. The molecule has 1 N–H and O–H groups in total. The zero-order chi connectivity index (χ0) is 16.9. The van der Waals surface area contributed by atoms with Crippen molar-refractivity contribution >= 4 is 23.5 Å². The first kappa shape index (κ1) is 15.8. The largest absolute Gasteiger partial charge is 0.493 e. The molecule has 2 aromatic rings. The van der Waals surface area contributed by atoms with Crippen LogP contribution in [0.15, 0.2) is 48.5 Å². The topological polar surface area (TPSA) is 64.6 Å². The molecule has 0 fully saturated rings. The number of carbonyl (C=O) groups is 2. The molecule has 0 aliphatic carbocycles. The number of amides is 1. The van der Waals surface area contributed by atoms with E-state index in [0.717, 1.165) is 11.3 Å². The first-order valence-corrected chi connectivity index (χ1v) is 7.68. The summed E-state index contributed by atoms with van der Waals surface area (Å²) in [6.45, 7) is 2.47. The molecule has 1 aliphatic rings. The molecule has 1 amide bonds. The fourth-order valence-electron chi connectivity index (χ4n) is 2.40. The highest BCUT2D eigenvalue weighted by Gasteiger charge is 2.17. The van der Waals surface area contributed by atoms with Gasteiger partial charge in [-0.15, -0.1) is 0 Å². The number of hydrogen-bond donors (Lipinski definition) is 1. The second-order valence-electron chi connectivity index (χ2n) is 5.22. The van der Waals surface area contributed by atoms with Gasteiger partial charge >= 0.3 is 0 Å². The summed E-state index contributed by atoms with van der Waals surface area (Å²) in [5.74, 6) is 0.907. The summed E-state index contributed by atoms with van der Waals surface area (Å²) in [5, 5.41) is 2.69. The van der Waals surface area contributed by atoms with Crippen molar-refractivity contribution < 1.29 is 19.1 Å². The minimum absolute atomic E-state index is 0.00555. The van der Waals surface area contributed by atoms with Gasteiger partial charge in [0.1, 0.15) is 11.5 Å². The monoisotopic (exact) mass is 323 g/mol. The molecular formula is C19H17NO4. The predicted octanol–water partition coefficient (Wildman–Crippen LogP) is 3.31. The van der Waals surface area contributed by atoms with Crippen LogP contribution in [0.5, 0.6) is 11.5 Å². The number of rotatable bonds is 5. The Morgan fingerprint density at radius 3 is 2.96 bits per heavy atom. The summed E-state index contributed by atoms with van der Waals surface area (Å²) in [5.41, 5.74) is 1.83. The van der Waals surface area contributed by atoms with Crippen LogP contribution in [-0.4, -0.2) is 24.9 Å². The molecule has 0 aromatic heterocycles. The summed E-state index contributed by atoms with van der Waals surface area (Å²) in [4.78, 5) is 23.7. The number of fused-ring (bicyclic) bond motifs is 1. The second kappa shape index (κ2) is 7.00. The van der Waals surface area contributed by atoms with Gasteiger partial charge in [0, 0.05) is 11.1 Å². The Balaban J connectivity index is 1.80.